The van der Waals surface area contributed by atoms with E-state index in [1.165, 1.54) is 12.3 Å². The standard InChI is InChI=1S/C10H14N4O3.ClH/c1-13(7-2-3-11-5-7)10(15)9-4-8(6-12-9)14(16)17;/h4,6-7,11-12H,2-3,5H2,1H3;1H. The average molecular weight is 275 g/mol. The van der Waals surface area contributed by atoms with Gasteiger partial charge in [0.05, 0.1) is 11.1 Å². The van der Waals surface area contributed by atoms with E-state index in [9.17, 15) is 14.9 Å². The largest absolute Gasteiger partial charge is 0.351 e. The van der Waals surface area contributed by atoms with E-state index in [4.69, 9.17) is 0 Å². The Bertz CT molecular complexity index is 442. The number of likely N-dealkylation sites (N-methyl/N-ethyl adjacent to an activating group) is 1. The van der Waals surface area contributed by atoms with Crippen LogP contribution in [0.3, 0.4) is 0 Å². The number of hydrogen-bond acceptors (Lipinski definition) is 4. The second-order valence-electron chi connectivity index (χ2n) is 4.09. The molecule has 1 fully saturated rings. The second kappa shape index (κ2) is 5.83. The van der Waals surface area contributed by atoms with Crippen LogP contribution in [0, 0.1) is 10.1 Å². The maximum Gasteiger partial charge on any atom is 0.287 e. The van der Waals surface area contributed by atoms with Crippen molar-refractivity contribution >= 4 is 24.0 Å². The van der Waals surface area contributed by atoms with E-state index in [2.05, 4.69) is 10.3 Å². The van der Waals surface area contributed by atoms with E-state index < -0.39 is 4.92 Å². The highest BCUT2D eigenvalue weighted by Gasteiger charge is 2.25. The maximum absolute atomic E-state index is 12.0. The van der Waals surface area contributed by atoms with Gasteiger partial charge >= 0.3 is 0 Å². The van der Waals surface area contributed by atoms with Crippen LogP contribution in [-0.4, -0.2) is 46.9 Å². The summed E-state index contributed by atoms with van der Waals surface area (Å²) in [7, 11) is 1.71. The topological polar surface area (TPSA) is 91.3 Å². The van der Waals surface area contributed by atoms with Crippen LogP contribution < -0.4 is 5.32 Å². The number of hydrogen-bond donors (Lipinski definition) is 2. The molecule has 0 spiro atoms. The molecule has 1 amide bonds. The number of carbonyl (C=O) groups excluding carboxylic acids is 1. The molecule has 1 atom stereocenters. The number of aromatic amines is 1. The Kier molecular flexibility index (Phi) is 4.69. The van der Waals surface area contributed by atoms with Crippen molar-refractivity contribution in [3.8, 4) is 0 Å². The molecule has 2 heterocycles. The quantitative estimate of drug-likeness (QED) is 0.629. The number of nitrogens with one attached hydrogen (secondary N) is 2. The smallest absolute Gasteiger partial charge is 0.287 e. The van der Waals surface area contributed by atoms with Gasteiger partial charge < -0.3 is 15.2 Å². The Morgan fingerprint density at radius 2 is 2.33 bits per heavy atom. The van der Waals surface area contributed by atoms with E-state index in [-0.39, 0.29) is 35.7 Å². The third-order valence-corrected chi connectivity index (χ3v) is 3.01. The highest BCUT2D eigenvalue weighted by atomic mass is 35.5. The summed E-state index contributed by atoms with van der Waals surface area (Å²) in [5.41, 5.74) is 0.164. The number of nitrogens with zero attached hydrogens (tertiary/aromatic N) is 2. The van der Waals surface area contributed by atoms with Crippen molar-refractivity contribution in [3.05, 3.63) is 28.1 Å². The van der Waals surface area contributed by atoms with Crippen LogP contribution >= 0.6 is 12.4 Å². The molecule has 1 aliphatic rings. The van der Waals surface area contributed by atoms with Crippen LogP contribution in [0.15, 0.2) is 12.3 Å². The van der Waals surface area contributed by atoms with Gasteiger partial charge in [-0.05, 0) is 13.0 Å². The number of nitro groups is 1. The number of halogens is 1. The summed E-state index contributed by atoms with van der Waals surface area (Å²) < 4.78 is 0. The zero-order valence-corrected chi connectivity index (χ0v) is 10.7. The molecule has 0 radical (unpaired) electrons. The van der Waals surface area contributed by atoms with Crippen molar-refractivity contribution in [2.45, 2.75) is 12.5 Å². The van der Waals surface area contributed by atoms with Crippen LogP contribution in [0.25, 0.3) is 0 Å². The Balaban J connectivity index is 0.00000162. The lowest BCUT2D eigenvalue weighted by molar-refractivity contribution is -0.384. The number of carbonyl (C=O) groups is 1. The van der Waals surface area contributed by atoms with Crippen molar-refractivity contribution in [2.75, 3.05) is 20.1 Å². The van der Waals surface area contributed by atoms with Gasteiger partial charge in [0.15, 0.2) is 0 Å². The molecular weight excluding hydrogens is 260 g/mol. The van der Waals surface area contributed by atoms with Crippen LogP contribution in [0.5, 0.6) is 0 Å². The number of H-pyrrole nitrogens is 1. The van der Waals surface area contributed by atoms with Crippen molar-refractivity contribution in [3.63, 3.8) is 0 Å². The van der Waals surface area contributed by atoms with E-state index in [1.807, 2.05) is 0 Å². The molecule has 1 saturated heterocycles. The maximum atomic E-state index is 12.0. The van der Waals surface area contributed by atoms with Gasteiger partial charge in [0.25, 0.3) is 11.6 Å². The molecule has 7 nitrogen and oxygen atoms in total. The molecule has 1 aromatic rings. The number of aromatic nitrogens is 1. The third-order valence-electron chi connectivity index (χ3n) is 3.01. The van der Waals surface area contributed by atoms with Gasteiger partial charge in [-0.15, -0.1) is 12.4 Å². The molecule has 1 unspecified atom stereocenters. The molecule has 8 heteroatoms. The highest BCUT2D eigenvalue weighted by molar-refractivity contribution is 5.93. The molecule has 0 bridgehead atoms. The predicted octanol–water partition coefficient (Wildman–Crippen LogP) is 0.779. The summed E-state index contributed by atoms with van der Waals surface area (Å²) >= 11 is 0. The third kappa shape index (κ3) is 2.80. The lowest BCUT2D eigenvalue weighted by atomic mass is 10.2. The lowest BCUT2D eigenvalue weighted by Crippen LogP contribution is -2.38. The van der Waals surface area contributed by atoms with Crippen LogP contribution in [-0.2, 0) is 0 Å². The highest BCUT2D eigenvalue weighted by Crippen LogP contribution is 2.15. The Morgan fingerprint density at radius 3 is 2.83 bits per heavy atom. The number of amides is 1. The fourth-order valence-electron chi connectivity index (χ4n) is 1.94. The van der Waals surface area contributed by atoms with Gasteiger partial charge in [-0.1, -0.05) is 0 Å². The van der Waals surface area contributed by atoms with E-state index in [1.54, 1.807) is 11.9 Å². The first kappa shape index (κ1) is 14.5. The molecular formula is C10H15ClN4O3. The first-order valence-electron chi connectivity index (χ1n) is 5.40. The lowest BCUT2D eigenvalue weighted by Gasteiger charge is -2.22. The van der Waals surface area contributed by atoms with Gasteiger partial charge in [0, 0.05) is 25.7 Å². The first-order valence-corrected chi connectivity index (χ1v) is 5.40. The summed E-state index contributed by atoms with van der Waals surface area (Å²) in [5.74, 6) is -0.216. The Labute approximate surface area is 110 Å². The van der Waals surface area contributed by atoms with Gasteiger partial charge in [-0.3, -0.25) is 14.9 Å². The average Bonchev–Trinajstić information content (AvgIpc) is 2.97. The molecule has 1 aliphatic heterocycles. The van der Waals surface area contributed by atoms with Crippen molar-refractivity contribution in [1.82, 2.24) is 15.2 Å². The zero-order chi connectivity index (χ0) is 12.4. The minimum absolute atomic E-state index is 0. The predicted molar refractivity (Wildman–Crippen MR) is 68.1 cm³/mol. The van der Waals surface area contributed by atoms with Gasteiger partial charge in [0.1, 0.15) is 5.69 Å². The SMILES string of the molecule is CN(C(=O)c1cc([N+](=O)[O-])c[nH]1)C1CCNC1.Cl. The molecule has 2 rings (SSSR count). The van der Waals surface area contributed by atoms with Crippen molar-refractivity contribution in [1.29, 1.82) is 0 Å². The fourth-order valence-corrected chi connectivity index (χ4v) is 1.94. The van der Waals surface area contributed by atoms with Crippen LogP contribution in [0.1, 0.15) is 16.9 Å². The summed E-state index contributed by atoms with van der Waals surface area (Å²) in [4.78, 5) is 26.3. The summed E-state index contributed by atoms with van der Waals surface area (Å²) in [6.07, 6.45) is 2.14. The summed E-state index contributed by atoms with van der Waals surface area (Å²) in [5, 5.41) is 13.7. The van der Waals surface area contributed by atoms with Crippen LogP contribution in [0.4, 0.5) is 5.69 Å². The molecule has 0 aromatic carbocycles. The van der Waals surface area contributed by atoms with Crippen LogP contribution in [0.2, 0.25) is 0 Å². The molecule has 1 aromatic heterocycles. The zero-order valence-electron chi connectivity index (χ0n) is 9.88. The first-order chi connectivity index (χ1) is 8.09. The minimum atomic E-state index is -0.523. The van der Waals surface area contributed by atoms with Gasteiger partial charge in [-0.2, -0.15) is 0 Å². The Hall–Kier alpha value is -1.60. The van der Waals surface area contributed by atoms with Gasteiger partial charge in [0.2, 0.25) is 0 Å². The monoisotopic (exact) mass is 274 g/mol. The number of rotatable bonds is 3. The molecule has 0 saturated carbocycles. The summed E-state index contributed by atoms with van der Waals surface area (Å²) in [6.45, 7) is 1.66. The molecule has 18 heavy (non-hydrogen) atoms. The molecule has 0 aliphatic carbocycles. The van der Waals surface area contributed by atoms with E-state index in [0.29, 0.717) is 0 Å². The van der Waals surface area contributed by atoms with E-state index >= 15 is 0 Å². The Morgan fingerprint density at radius 1 is 1.61 bits per heavy atom. The second-order valence-corrected chi connectivity index (χ2v) is 4.09. The summed E-state index contributed by atoms with van der Waals surface area (Å²) in [6, 6.07) is 1.42. The fraction of sp³-hybridized carbons (Fsp3) is 0.500. The normalized spacial score (nSPS) is 18.2. The minimum Gasteiger partial charge on any atom is -0.351 e. The molecule has 2 N–H and O–H groups in total. The van der Waals surface area contributed by atoms with Crippen molar-refractivity contribution < 1.29 is 9.72 Å². The van der Waals surface area contributed by atoms with Crippen molar-refractivity contribution in [2.24, 2.45) is 0 Å². The van der Waals surface area contributed by atoms with Gasteiger partial charge in [-0.25, -0.2) is 0 Å². The van der Waals surface area contributed by atoms with E-state index in [0.717, 1.165) is 19.5 Å². The molecule has 100 valence electrons.